The van der Waals surface area contributed by atoms with Crippen LogP contribution in [0.1, 0.15) is 0 Å². The van der Waals surface area contributed by atoms with Crippen LogP contribution in [0, 0.1) is 11.3 Å². The van der Waals surface area contributed by atoms with Crippen LogP contribution in [0.5, 0.6) is 0 Å². The standard InChI is InChI=1S/C8H6ClN2O2S/c9-7-1-3-8(4-2-7)11-14(12,13)6-5-10/h1-4H,6H2/q-1. The zero-order valence-corrected chi connectivity index (χ0v) is 8.59. The van der Waals surface area contributed by atoms with Crippen LogP contribution in [0.3, 0.4) is 0 Å². The summed E-state index contributed by atoms with van der Waals surface area (Å²) in [5.74, 6) is -0.615. The van der Waals surface area contributed by atoms with Gasteiger partial charge in [-0.05, 0) is 12.1 Å². The van der Waals surface area contributed by atoms with E-state index in [9.17, 15) is 8.42 Å². The zero-order valence-electron chi connectivity index (χ0n) is 7.01. The van der Waals surface area contributed by atoms with E-state index < -0.39 is 15.8 Å². The van der Waals surface area contributed by atoms with Gasteiger partial charge in [-0.3, -0.25) is 0 Å². The molecule has 0 aromatic heterocycles. The van der Waals surface area contributed by atoms with Crippen LogP contribution in [0.25, 0.3) is 4.72 Å². The second-order valence-corrected chi connectivity index (χ2v) is 4.52. The fourth-order valence-corrected chi connectivity index (χ4v) is 1.57. The molecule has 4 nitrogen and oxygen atoms in total. The van der Waals surface area contributed by atoms with Gasteiger partial charge in [0.2, 0.25) is 0 Å². The van der Waals surface area contributed by atoms with Crippen molar-refractivity contribution >= 4 is 27.3 Å². The van der Waals surface area contributed by atoms with Crippen molar-refractivity contribution in [3.8, 4) is 6.07 Å². The Labute approximate surface area is 87.2 Å². The normalized spacial score (nSPS) is 10.6. The van der Waals surface area contributed by atoms with Crippen molar-refractivity contribution in [3.63, 3.8) is 0 Å². The molecule has 0 aliphatic carbocycles. The zero-order chi connectivity index (χ0) is 10.6. The van der Waals surface area contributed by atoms with E-state index in [4.69, 9.17) is 16.9 Å². The summed E-state index contributed by atoms with van der Waals surface area (Å²) in [7, 11) is -3.68. The molecule has 0 radical (unpaired) electrons. The predicted octanol–water partition coefficient (Wildman–Crippen LogP) is 2.20. The third kappa shape index (κ3) is 3.24. The molecular weight excluding hydrogens is 224 g/mol. The molecule has 0 saturated carbocycles. The average Bonchev–Trinajstić information content (AvgIpc) is 2.08. The minimum Gasteiger partial charge on any atom is -0.576 e. The lowest BCUT2D eigenvalue weighted by molar-refractivity contribution is 0.606. The van der Waals surface area contributed by atoms with Crippen LogP contribution in [0.15, 0.2) is 24.3 Å². The number of halogens is 1. The molecule has 0 aliphatic heterocycles. The van der Waals surface area contributed by atoms with Gasteiger partial charge in [-0.2, -0.15) is 5.26 Å². The van der Waals surface area contributed by atoms with Crippen LogP contribution in [-0.4, -0.2) is 14.2 Å². The van der Waals surface area contributed by atoms with Gasteiger partial charge in [-0.15, -0.1) is 5.69 Å². The Hall–Kier alpha value is -1.25. The minimum atomic E-state index is -3.68. The first-order valence-electron chi connectivity index (χ1n) is 3.62. The highest BCUT2D eigenvalue weighted by molar-refractivity contribution is 7.94. The van der Waals surface area contributed by atoms with E-state index in [1.165, 1.54) is 30.3 Å². The Bertz CT molecular complexity index is 447. The summed E-state index contributed by atoms with van der Waals surface area (Å²) in [6, 6.07) is 7.53. The highest BCUT2D eigenvalue weighted by atomic mass is 35.5. The third-order valence-electron chi connectivity index (χ3n) is 1.32. The van der Waals surface area contributed by atoms with E-state index in [-0.39, 0.29) is 5.69 Å². The molecule has 1 aromatic carbocycles. The first kappa shape index (κ1) is 10.8. The topological polar surface area (TPSA) is 72.0 Å². The Balaban J connectivity index is 2.80. The van der Waals surface area contributed by atoms with E-state index in [0.29, 0.717) is 5.02 Å². The van der Waals surface area contributed by atoms with Crippen LogP contribution in [0.2, 0.25) is 5.02 Å². The lowest BCUT2D eigenvalue weighted by Gasteiger charge is -2.19. The van der Waals surface area contributed by atoms with Crippen molar-refractivity contribution < 1.29 is 8.42 Å². The van der Waals surface area contributed by atoms with Gasteiger partial charge in [0, 0.05) is 5.02 Å². The maximum atomic E-state index is 11.1. The predicted molar refractivity (Wildman–Crippen MR) is 53.9 cm³/mol. The van der Waals surface area contributed by atoms with Crippen LogP contribution in [-0.2, 0) is 10.0 Å². The van der Waals surface area contributed by atoms with Crippen molar-refractivity contribution in [2.45, 2.75) is 0 Å². The number of nitrogens with zero attached hydrogens (tertiary/aromatic N) is 2. The van der Waals surface area contributed by atoms with Gasteiger partial charge in [0.15, 0.2) is 0 Å². The van der Waals surface area contributed by atoms with Crippen molar-refractivity contribution in [2.75, 3.05) is 5.75 Å². The molecule has 0 N–H and O–H groups in total. The molecule has 6 heteroatoms. The van der Waals surface area contributed by atoms with Crippen molar-refractivity contribution in [2.24, 2.45) is 0 Å². The second-order valence-electron chi connectivity index (χ2n) is 2.45. The fraction of sp³-hybridized carbons (Fsp3) is 0.125. The number of nitriles is 1. The molecule has 74 valence electrons. The molecule has 0 heterocycles. The summed E-state index contributed by atoms with van der Waals surface area (Å²) in [5.41, 5.74) is 0.268. The van der Waals surface area contributed by atoms with Gasteiger partial charge in [0.25, 0.3) is 0 Å². The van der Waals surface area contributed by atoms with Gasteiger partial charge in [-0.25, -0.2) is 8.42 Å². The maximum Gasteiger partial charge on any atom is 0.123 e. The smallest absolute Gasteiger partial charge is 0.123 e. The van der Waals surface area contributed by atoms with E-state index in [1.54, 1.807) is 0 Å². The molecule has 0 fully saturated rings. The number of sulfonamides is 1. The Kier molecular flexibility index (Phi) is 3.33. The Morgan fingerprint density at radius 2 is 1.93 bits per heavy atom. The highest BCUT2D eigenvalue weighted by Gasteiger charge is 1.97. The average molecular weight is 230 g/mol. The molecule has 1 aromatic rings. The van der Waals surface area contributed by atoms with E-state index in [2.05, 4.69) is 4.72 Å². The van der Waals surface area contributed by atoms with E-state index in [1.807, 2.05) is 0 Å². The van der Waals surface area contributed by atoms with Crippen LogP contribution in [0.4, 0.5) is 5.69 Å². The minimum absolute atomic E-state index is 0.268. The summed E-state index contributed by atoms with van der Waals surface area (Å²) in [6.07, 6.45) is 0. The lowest BCUT2D eigenvalue weighted by Crippen LogP contribution is -2.00. The molecular formula is C8H6ClN2O2S-. The molecule has 0 saturated heterocycles. The van der Waals surface area contributed by atoms with Gasteiger partial charge in [-0.1, -0.05) is 23.7 Å². The molecule has 0 atom stereocenters. The summed E-state index contributed by atoms with van der Waals surface area (Å²) >= 11 is 5.60. The largest absolute Gasteiger partial charge is 0.576 e. The number of benzene rings is 1. The second kappa shape index (κ2) is 4.31. The van der Waals surface area contributed by atoms with Crippen LogP contribution >= 0.6 is 11.6 Å². The van der Waals surface area contributed by atoms with E-state index in [0.717, 1.165) is 0 Å². The molecule has 0 amide bonds. The number of rotatable bonds is 3. The molecule has 0 unspecified atom stereocenters. The number of hydrogen-bond donors (Lipinski definition) is 0. The SMILES string of the molecule is N#CCS(=O)(=O)[N-]c1ccc(Cl)cc1. The van der Waals surface area contributed by atoms with Gasteiger partial charge in [0.1, 0.15) is 15.8 Å². The van der Waals surface area contributed by atoms with Crippen LogP contribution < -0.4 is 0 Å². The van der Waals surface area contributed by atoms with Gasteiger partial charge < -0.3 is 4.72 Å². The summed E-state index contributed by atoms with van der Waals surface area (Å²) < 4.78 is 25.5. The number of hydrogen-bond acceptors (Lipinski definition) is 3. The lowest BCUT2D eigenvalue weighted by atomic mass is 10.3. The Morgan fingerprint density at radius 3 is 2.43 bits per heavy atom. The monoisotopic (exact) mass is 229 g/mol. The first-order valence-corrected chi connectivity index (χ1v) is 5.60. The maximum absolute atomic E-state index is 11.1. The van der Waals surface area contributed by atoms with Gasteiger partial charge in [0.05, 0.1) is 6.07 Å². The van der Waals surface area contributed by atoms with Gasteiger partial charge >= 0.3 is 0 Å². The summed E-state index contributed by atoms with van der Waals surface area (Å²) in [5, 5.41) is 8.72. The van der Waals surface area contributed by atoms with Crippen molar-refractivity contribution in [1.82, 2.24) is 0 Å². The van der Waals surface area contributed by atoms with Crippen molar-refractivity contribution in [3.05, 3.63) is 34.0 Å². The highest BCUT2D eigenvalue weighted by Crippen LogP contribution is 2.23. The molecule has 14 heavy (non-hydrogen) atoms. The molecule has 0 aliphatic rings. The summed E-state index contributed by atoms with van der Waals surface area (Å²) in [6.45, 7) is 0. The molecule has 0 bridgehead atoms. The molecule has 1 rings (SSSR count). The Morgan fingerprint density at radius 1 is 1.36 bits per heavy atom. The first-order chi connectivity index (χ1) is 6.53. The third-order valence-corrected chi connectivity index (χ3v) is 2.55. The van der Waals surface area contributed by atoms with E-state index >= 15 is 0 Å². The fourth-order valence-electron chi connectivity index (χ4n) is 0.776. The quantitative estimate of drug-likeness (QED) is 0.798. The summed E-state index contributed by atoms with van der Waals surface area (Å²) in [4.78, 5) is 0. The molecule has 0 spiro atoms. The van der Waals surface area contributed by atoms with Crippen molar-refractivity contribution in [1.29, 1.82) is 5.26 Å².